The SMILES string of the molecule is C[C@H]1CN(C(=O)COc2cccc3c2CN(C2CCC(=O)NC2=O)C3=O)CCN1. The molecule has 154 valence electrons. The van der Waals surface area contributed by atoms with Gasteiger partial charge in [0, 0.05) is 43.2 Å². The minimum atomic E-state index is -0.676. The zero-order valence-corrected chi connectivity index (χ0v) is 16.3. The van der Waals surface area contributed by atoms with Gasteiger partial charge in [-0.05, 0) is 25.5 Å². The van der Waals surface area contributed by atoms with Crippen LogP contribution < -0.4 is 15.4 Å². The second-order valence-corrected chi connectivity index (χ2v) is 7.67. The van der Waals surface area contributed by atoms with Gasteiger partial charge < -0.3 is 19.9 Å². The van der Waals surface area contributed by atoms with E-state index in [1.165, 1.54) is 4.90 Å². The molecule has 1 unspecified atom stereocenters. The number of imide groups is 1. The second kappa shape index (κ2) is 7.82. The van der Waals surface area contributed by atoms with Crippen molar-refractivity contribution in [2.45, 2.75) is 38.4 Å². The van der Waals surface area contributed by atoms with Gasteiger partial charge in [-0.3, -0.25) is 24.5 Å². The molecule has 2 N–H and O–H groups in total. The molecular formula is C20H24N4O5. The van der Waals surface area contributed by atoms with Crippen molar-refractivity contribution >= 4 is 23.6 Å². The Bertz CT molecular complexity index is 870. The minimum Gasteiger partial charge on any atom is -0.483 e. The van der Waals surface area contributed by atoms with Crippen molar-refractivity contribution in [2.24, 2.45) is 0 Å². The third kappa shape index (κ3) is 3.82. The van der Waals surface area contributed by atoms with Crippen LogP contribution in [0, 0.1) is 0 Å². The first-order chi connectivity index (χ1) is 13.9. The van der Waals surface area contributed by atoms with E-state index < -0.39 is 11.9 Å². The Labute approximate surface area is 168 Å². The van der Waals surface area contributed by atoms with E-state index in [0.717, 1.165) is 6.54 Å². The molecule has 0 aromatic heterocycles. The molecule has 2 fully saturated rings. The molecule has 4 amide bonds. The number of benzene rings is 1. The number of carbonyl (C=O) groups is 4. The molecule has 4 rings (SSSR count). The number of fused-ring (bicyclic) bond motifs is 1. The number of nitrogens with zero attached hydrogens (tertiary/aromatic N) is 2. The summed E-state index contributed by atoms with van der Waals surface area (Å²) in [7, 11) is 0. The van der Waals surface area contributed by atoms with E-state index >= 15 is 0 Å². The van der Waals surface area contributed by atoms with Crippen LogP contribution in [-0.4, -0.2) is 71.8 Å². The number of ether oxygens (including phenoxy) is 1. The molecule has 9 nitrogen and oxygen atoms in total. The van der Waals surface area contributed by atoms with Crippen LogP contribution in [0.5, 0.6) is 5.75 Å². The van der Waals surface area contributed by atoms with Crippen LogP contribution >= 0.6 is 0 Å². The minimum absolute atomic E-state index is 0.0951. The van der Waals surface area contributed by atoms with Crippen LogP contribution in [0.1, 0.15) is 35.7 Å². The highest BCUT2D eigenvalue weighted by molar-refractivity contribution is 6.05. The number of amides is 4. The van der Waals surface area contributed by atoms with E-state index in [2.05, 4.69) is 10.6 Å². The van der Waals surface area contributed by atoms with Crippen LogP contribution in [0.3, 0.4) is 0 Å². The van der Waals surface area contributed by atoms with E-state index in [4.69, 9.17) is 4.74 Å². The Balaban J connectivity index is 1.45. The summed E-state index contributed by atoms with van der Waals surface area (Å²) >= 11 is 0. The smallest absolute Gasteiger partial charge is 0.260 e. The van der Waals surface area contributed by atoms with Crippen LogP contribution in [-0.2, 0) is 20.9 Å². The first kappa shape index (κ1) is 19.4. The van der Waals surface area contributed by atoms with Crippen LogP contribution in [0.2, 0.25) is 0 Å². The molecule has 29 heavy (non-hydrogen) atoms. The van der Waals surface area contributed by atoms with Crippen molar-refractivity contribution < 1.29 is 23.9 Å². The Morgan fingerprint density at radius 3 is 2.86 bits per heavy atom. The Kier molecular flexibility index (Phi) is 5.23. The van der Waals surface area contributed by atoms with E-state index in [1.54, 1.807) is 23.1 Å². The van der Waals surface area contributed by atoms with Gasteiger partial charge in [0.1, 0.15) is 11.8 Å². The average Bonchev–Trinajstić information content (AvgIpc) is 3.03. The summed E-state index contributed by atoms with van der Waals surface area (Å²) in [6, 6.07) is 4.69. The van der Waals surface area contributed by atoms with Crippen LogP contribution in [0.15, 0.2) is 18.2 Å². The summed E-state index contributed by atoms with van der Waals surface area (Å²) < 4.78 is 5.78. The predicted octanol–water partition coefficient (Wildman–Crippen LogP) is -0.353. The lowest BCUT2D eigenvalue weighted by atomic mass is 10.0. The first-order valence-electron chi connectivity index (χ1n) is 9.84. The molecule has 2 atom stereocenters. The number of hydrogen-bond donors (Lipinski definition) is 2. The van der Waals surface area contributed by atoms with Gasteiger partial charge in [0.05, 0.1) is 6.54 Å². The molecule has 0 saturated carbocycles. The van der Waals surface area contributed by atoms with Gasteiger partial charge in [-0.15, -0.1) is 0 Å². The topological polar surface area (TPSA) is 108 Å². The lowest BCUT2D eigenvalue weighted by molar-refractivity contribution is -0.137. The van der Waals surface area contributed by atoms with Crippen molar-refractivity contribution in [1.82, 2.24) is 20.4 Å². The fourth-order valence-corrected chi connectivity index (χ4v) is 4.08. The summed E-state index contributed by atoms with van der Waals surface area (Å²) in [4.78, 5) is 52.1. The average molecular weight is 400 g/mol. The van der Waals surface area contributed by atoms with Crippen molar-refractivity contribution in [3.63, 3.8) is 0 Å². The maximum atomic E-state index is 12.8. The Hall–Kier alpha value is -2.94. The van der Waals surface area contributed by atoms with Crippen LogP contribution in [0.25, 0.3) is 0 Å². The van der Waals surface area contributed by atoms with Gasteiger partial charge in [0.15, 0.2) is 6.61 Å². The fraction of sp³-hybridized carbons (Fsp3) is 0.500. The predicted molar refractivity (Wildman–Crippen MR) is 102 cm³/mol. The Morgan fingerprint density at radius 1 is 1.28 bits per heavy atom. The highest BCUT2D eigenvalue weighted by Crippen LogP contribution is 2.33. The number of hydrogen-bond acceptors (Lipinski definition) is 6. The van der Waals surface area contributed by atoms with Gasteiger partial charge in [0.2, 0.25) is 11.8 Å². The van der Waals surface area contributed by atoms with Crippen LogP contribution in [0.4, 0.5) is 0 Å². The van der Waals surface area contributed by atoms with E-state index in [9.17, 15) is 19.2 Å². The molecule has 1 aromatic carbocycles. The zero-order valence-electron chi connectivity index (χ0n) is 16.3. The number of nitrogens with one attached hydrogen (secondary N) is 2. The lowest BCUT2D eigenvalue weighted by Gasteiger charge is -2.31. The number of piperazine rings is 1. The van der Waals surface area contributed by atoms with Gasteiger partial charge >= 0.3 is 0 Å². The molecule has 3 aliphatic rings. The summed E-state index contributed by atoms with van der Waals surface area (Å²) in [5.41, 5.74) is 1.14. The monoisotopic (exact) mass is 400 g/mol. The quantitative estimate of drug-likeness (QED) is 0.669. The van der Waals surface area contributed by atoms with Gasteiger partial charge in [-0.25, -0.2) is 0 Å². The standard InChI is InChI=1S/C20H24N4O5/c1-12-9-23(8-7-21-12)18(26)11-29-16-4-2-3-13-14(16)10-24(20(13)28)15-5-6-17(25)22-19(15)27/h2-4,12,15,21H,5-11H2,1H3,(H,22,25,27)/t12-,15?/m0/s1. The van der Waals surface area contributed by atoms with Gasteiger partial charge in [0.25, 0.3) is 11.8 Å². The van der Waals surface area contributed by atoms with E-state index in [1.807, 2.05) is 6.92 Å². The molecule has 0 bridgehead atoms. The third-order valence-corrected chi connectivity index (χ3v) is 5.61. The molecule has 3 heterocycles. The Morgan fingerprint density at radius 2 is 2.10 bits per heavy atom. The molecule has 0 aliphatic carbocycles. The van der Waals surface area contributed by atoms with E-state index in [-0.39, 0.29) is 43.3 Å². The molecule has 9 heteroatoms. The van der Waals surface area contributed by atoms with Crippen molar-refractivity contribution in [1.29, 1.82) is 0 Å². The van der Waals surface area contributed by atoms with E-state index in [0.29, 0.717) is 36.4 Å². The summed E-state index contributed by atoms with van der Waals surface area (Å²) in [5, 5.41) is 5.58. The largest absolute Gasteiger partial charge is 0.483 e. The normalized spacial score (nSPS) is 24.4. The molecule has 0 spiro atoms. The molecule has 3 aliphatic heterocycles. The highest BCUT2D eigenvalue weighted by Gasteiger charge is 2.40. The van der Waals surface area contributed by atoms with Crippen molar-refractivity contribution in [2.75, 3.05) is 26.2 Å². The third-order valence-electron chi connectivity index (χ3n) is 5.61. The van der Waals surface area contributed by atoms with Gasteiger partial charge in [-0.1, -0.05) is 6.07 Å². The van der Waals surface area contributed by atoms with Crippen molar-refractivity contribution in [3.8, 4) is 5.75 Å². The number of piperidine rings is 1. The highest BCUT2D eigenvalue weighted by atomic mass is 16.5. The summed E-state index contributed by atoms with van der Waals surface area (Å²) in [6.07, 6.45) is 0.512. The molecule has 2 saturated heterocycles. The molecule has 0 radical (unpaired) electrons. The van der Waals surface area contributed by atoms with Crippen molar-refractivity contribution in [3.05, 3.63) is 29.3 Å². The fourth-order valence-electron chi connectivity index (χ4n) is 4.08. The maximum Gasteiger partial charge on any atom is 0.260 e. The maximum absolute atomic E-state index is 12.8. The summed E-state index contributed by atoms with van der Waals surface area (Å²) in [6.45, 7) is 4.17. The zero-order chi connectivity index (χ0) is 20.5. The number of carbonyl (C=O) groups excluding carboxylic acids is 4. The first-order valence-corrected chi connectivity index (χ1v) is 9.84. The number of rotatable bonds is 4. The lowest BCUT2D eigenvalue weighted by Crippen LogP contribution is -2.52. The summed E-state index contributed by atoms with van der Waals surface area (Å²) in [5.74, 6) is -0.653. The molecule has 1 aromatic rings. The van der Waals surface area contributed by atoms with Gasteiger partial charge in [-0.2, -0.15) is 0 Å². The molecular weight excluding hydrogens is 376 g/mol. The second-order valence-electron chi connectivity index (χ2n) is 7.67.